The number of nitrogens with one attached hydrogen (secondary N) is 1. The van der Waals surface area contributed by atoms with Crippen LogP contribution >= 0.6 is 24.0 Å². The van der Waals surface area contributed by atoms with Gasteiger partial charge in [0.15, 0.2) is 5.96 Å². The fraction of sp³-hybridized carbons (Fsp3) is 0.588. The Balaban J connectivity index is 0.00000484. The normalized spacial score (nSPS) is 12.7. The average molecular weight is 436 g/mol. The summed E-state index contributed by atoms with van der Waals surface area (Å²) in [6.45, 7) is 10.2. The lowest BCUT2D eigenvalue weighted by atomic mass is 10.2. The summed E-state index contributed by atoms with van der Waals surface area (Å²) < 4.78 is 12.9. The van der Waals surface area contributed by atoms with Crippen LogP contribution in [0.3, 0.4) is 0 Å². The van der Waals surface area contributed by atoms with E-state index in [0.29, 0.717) is 12.6 Å². The number of aliphatic imine (C=N–C) groups is 1. The van der Waals surface area contributed by atoms with Gasteiger partial charge in [-0.15, -0.1) is 24.0 Å². The monoisotopic (exact) mass is 436 g/mol. The van der Waals surface area contributed by atoms with Crippen LogP contribution in [-0.4, -0.2) is 55.5 Å². The molecule has 0 saturated heterocycles. The first-order valence-electron chi connectivity index (χ1n) is 7.92. The molecule has 4 nitrogen and oxygen atoms in total. The lowest BCUT2D eigenvalue weighted by Crippen LogP contribution is -2.46. The smallest absolute Gasteiger partial charge is 0.193 e. The van der Waals surface area contributed by atoms with E-state index < -0.39 is 0 Å². The minimum absolute atomic E-state index is 0. The molecular formula is C17H30FIN4. The zero-order valence-corrected chi connectivity index (χ0v) is 17.2. The minimum atomic E-state index is -0.207. The van der Waals surface area contributed by atoms with Gasteiger partial charge in [-0.3, -0.25) is 9.89 Å². The van der Waals surface area contributed by atoms with E-state index in [1.54, 1.807) is 19.2 Å². The Morgan fingerprint density at radius 1 is 1.22 bits per heavy atom. The summed E-state index contributed by atoms with van der Waals surface area (Å²) in [5.41, 5.74) is 1.06. The molecule has 0 aliphatic rings. The Kier molecular flexibility index (Phi) is 11.2. The third kappa shape index (κ3) is 7.48. The lowest BCUT2D eigenvalue weighted by molar-refractivity contribution is 0.230. The van der Waals surface area contributed by atoms with Gasteiger partial charge in [0.25, 0.3) is 0 Å². The maximum atomic E-state index is 12.9. The van der Waals surface area contributed by atoms with E-state index >= 15 is 0 Å². The maximum Gasteiger partial charge on any atom is 0.193 e. The maximum absolute atomic E-state index is 12.9. The molecule has 0 saturated carbocycles. The zero-order valence-electron chi connectivity index (χ0n) is 14.8. The summed E-state index contributed by atoms with van der Waals surface area (Å²) in [4.78, 5) is 8.77. The molecule has 1 aromatic carbocycles. The molecule has 0 aliphatic carbocycles. The first kappa shape index (κ1) is 22.1. The molecule has 23 heavy (non-hydrogen) atoms. The molecule has 0 heterocycles. The van der Waals surface area contributed by atoms with E-state index in [2.05, 4.69) is 36.0 Å². The van der Waals surface area contributed by atoms with Crippen molar-refractivity contribution in [2.45, 2.75) is 33.4 Å². The summed E-state index contributed by atoms with van der Waals surface area (Å²) in [5, 5.41) is 3.41. The van der Waals surface area contributed by atoms with Gasteiger partial charge in [0, 0.05) is 33.2 Å². The van der Waals surface area contributed by atoms with Crippen LogP contribution in [0.2, 0.25) is 0 Å². The van der Waals surface area contributed by atoms with Gasteiger partial charge in [0.1, 0.15) is 5.82 Å². The Labute approximate surface area is 157 Å². The second kappa shape index (κ2) is 11.6. The molecule has 1 unspecified atom stereocenters. The van der Waals surface area contributed by atoms with E-state index in [1.165, 1.54) is 12.1 Å². The van der Waals surface area contributed by atoms with Crippen molar-refractivity contribution in [1.29, 1.82) is 0 Å². The number of rotatable bonds is 7. The second-order valence-electron chi connectivity index (χ2n) is 5.48. The molecule has 0 bridgehead atoms. The number of guanidine groups is 1. The van der Waals surface area contributed by atoms with E-state index in [1.807, 2.05) is 11.9 Å². The quantitative estimate of drug-likeness (QED) is 0.405. The highest BCUT2D eigenvalue weighted by Gasteiger charge is 2.12. The number of benzene rings is 1. The zero-order chi connectivity index (χ0) is 16.5. The fourth-order valence-electron chi connectivity index (χ4n) is 2.54. The van der Waals surface area contributed by atoms with Gasteiger partial charge < -0.3 is 10.2 Å². The largest absolute Gasteiger partial charge is 0.355 e. The van der Waals surface area contributed by atoms with Gasteiger partial charge in [-0.25, -0.2) is 4.39 Å². The van der Waals surface area contributed by atoms with Crippen LogP contribution < -0.4 is 5.32 Å². The highest BCUT2D eigenvalue weighted by molar-refractivity contribution is 14.0. The van der Waals surface area contributed by atoms with Gasteiger partial charge in [-0.2, -0.15) is 0 Å². The number of likely N-dealkylation sites (N-methyl/N-ethyl adjacent to an activating group) is 1. The molecule has 1 atom stereocenters. The summed E-state index contributed by atoms with van der Waals surface area (Å²) >= 11 is 0. The Bertz CT molecular complexity index is 460. The van der Waals surface area contributed by atoms with Crippen LogP contribution in [0.15, 0.2) is 29.3 Å². The van der Waals surface area contributed by atoms with Crippen molar-refractivity contribution < 1.29 is 4.39 Å². The van der Waals surface area contributed by atoms with Gasteiger partial charge in [-0.05, 0) is 37.7 Å². The van der Waals surface area contributed by atoms with Gasteiger partial charge >= 0.3 is 0 Å². The predicted octanol–water partition coefficient (Wildman–Crippen LogP) is 3.18. The number of hydrogen-bond donors (Lipinski definition) is 1. The first-order chi connectivity index (χ1) is 10.5. The highest BCUT2D eigenvalue weighted by atomic mass is 127. The Hall–Kier alpha value is -0.890. The SMILES string of the molecule is CCN(CC)C(C)CNC(=NC)N(C)Cc1ccc(F)cc1.I. The van der Waals surface area contributed by atoms with Crippen LogP contribution in [0.4, 0.5) is 4.39 Å². The van der Waals surface area contributed by atoms with E-state index in [-0.39, 0.29) is 29.8 Å². The van der Waals surface area contributed by atoms with Crippen molar-refractivity contribution >= 4 is 29.9 Å². The molecule has 6 heteroatoms. The van der Waals surface area contributed by atoms with Crippen molar-refractivity contribution in [1.82, 2.24) is 15.1 Å². The number of halogens is 2. The molecule has 1 aromatic rings. The molecule has 132 valence electrons. The molecule has 0 amide bonds. The van der Waals surface area contributed by atoms with Crippen molar-refractivity contribution in [3.63, 3.8) is 0 Å². The molecule has 1 rings (SSSR count). The highest BCUT2D eigenvalue weighted by Crippen LogP contribution is 2.06. The van der Waals surface area contributed by atoms with E-state index in [4.69, 9.17) is 0 Å². The van der Waals surface area contributed by atoms with Crippen LogP contribution in [0, 0.1) is 5.82 Å². The lowest BCUT2D eigenvalue weighted by Gasteiger charge is -2.29. The van der Waals surface area contributed by atoms with Gasteiger partial charge in [-0.1, -0.05) is 26.0 Å². The van der Waals surface area contributed by atoms with Crippen LogP contribution in [0.5, 0.6) is 0 Å². The third-order valence-electron chi connectivity index (χ3n) is 3.90. The third-order valence-corrected chi connectivity index (χ3v) is 3.90. The minimum Gasteiger partial charge on any atom is -0.355 e. The first-order valence-corrected chi connectivity index (χ1v) is 7.92. The summed E-state index contributed by atoms with van der Waals surface area (Å²) in [7, 11) is 3.77. The molecule has 0 aromatic heterocycles. The molecule has 0 radical (unpaired) electrons. The Morgan fingerprint density at radius 2 is 1.78 bits per heavy atom. The molecule has 0 aliphatic heterocycles. The van der Waals surface area contributed by atoms with Crippen LogP contribution in [0.1, 0.15) is 26.3 Å². The van der Waals surface area contributed by atoms with Crippen molar-refractivity contribution in [2.75, 3.05) is 33.7 Å². The summed E-state index contributed by atoms with van der Waals surface area (Å²) in [6, 6.07) is 7.03. The second-order valence-corrected chi connectivity index (χ2v) is 5.48. The van der Waals surface area contributed by atoms with Gasteiger partial charge in [0.05, 0.1) is 0 Å². The molecule has 1 N–H and O–H groups in total. The molecule has 0 spiro atoms. The van der Waals surface area contributed by atoms with E-state index in [0.717, 1.165) is 31.2 Å². The van der Waals surface area contributed by atoms with E-state index in [9.17, 15) is 4.39 Å². The van der Waals surface area contributed by atoms with Crippen molar-refractivity contribution in [3.05, 3.63) is 35.6 Å². The topological polar surface area (TPSA) is 30.9 Å². The van der Waals surface area contributed by atoms with Crippen molar-refractivity contribution in [2.24, 2.45) is 4.99 Å². The predicted molar refractivity (Wildman–Crippen MR) is 107 cm³/mol. The number of hydrogen-bond acceptors (Lipinski definition) is 2. The summed E-state index contributed by atoms with van der Waals surface area (Å²) in [6.07, 6.45) is 0. The Morgan fingerprint density at radius 3 is 2.26 bits per heavy atom. The number of nitrogens with zero attached hydrogens (tertiary/aromatic N) is 3. The molecular weight excluding hydrogens is 406 g/mol. The van der Waals surface area contributed by atoms with Crippen molar-refractivity contribution in [3.8, 4) is 0 Å². The standard InChI is InChI=1S/C17H29FN4.HI/c1-6-22(7-2)14(3)12-20-17(19-4)21(5)13-15-8-10-16(18)11-9-15;/h8-11,14H,6-7,12-13H2,1-5H3,(H,19,20);1H. The fourth-order valence-corrected chi connectivity index (χ4v) is 2.54. The average Bonchev–Trinajstić information content (AvgIpc) is 2.51. The molecule has 0 fully saturated rings. The summed E-state index contributed by atoms with van der Waals surface area (Å²) in [5.74, 6) is 0.644. The van der Waals surface area contributed by atoms with Gasteiger partial charge in [0.2, 0.25) is 0 Å². The van der Waals surface area contributed by atoms with Crippen LogP contribution in [0.25, 0.3) is 0 Å². The van der Waals surface area contributed by atoms with Crippen LogP contribution in [-0.2, 0) is 6.54 Å².